The predicted molar refractivity (Wildman–Crippen MR) is 62.1 cm³/mol. The van der Waals surface area contributed by atoms with Gasteiger partial charge in [-0.05, 0) is 0 Å². The molecule has 1 aliphatic rings. The van der Waals surface area contributed by atoms with Crippen LogP contribution in [0.3, 0.4) is 0 Å². The van der Waals surface area contributed by atoms with Crippen LogP contribution in [0.5, 0.6) is 0 Å². The average molecular weight is 300 g/mol. The van der Waals surface area contributed by atoms with Crippen molar-refractivity contribution in [3.05, 3.63) is 17.0 Å². The molecule has 0 bridgehead atoms. The van der Waals surface area contributed by atoms with Crippen molar-refractivity contribution in [3.63, 3.8) is 0 Å². The molecule has 0 N–H and O–H groups in total. The predicted octanol–water partition coefficient (Wildman–Crippen LogP) is 1.72. The number of aromatic nitrogens is 2. The van der Waals surface area contributed by atoms with Gasteiger partial charge >= 0.3 is 6.18 Å². The van der Waals surface area contributed by atoms with Crippen molar-refractivity contribution in [3.8, 4) is 0 Å². The van der Waals surface area contributed by atoms with Gasteiger partial charge in [0.05, 0.1) is 0 Å². The minimum absolute atomic E-state index is 0.124. The summed E-state index contributed by atoms with van der Waals surface area (Å²) in [5.74, 6) is -0.290. The molecule has 0 aromatic carbocycles. The molecular weight excluding hydrogens is 291 g/mol. The molecule has 2 heterocycles. The van der Waals surface area contributed by atoms with Crippen LogP contribution in [0.1, 0.15) is 5.82 Å². The number of nitrogens with zero attached hydrogens (tertiary/aromatic N) is 3. The number of hydrogen-bond donors (Lipinski definition) is 0. The fraction of sp³-hybridized carbons (Fsp3) is 0.556. The van der Waals surface area contributed by atoms with Gasteiger partial charge in [0.25, 0.3) is 0 Å². The molecule has 1 fully saturated rings. The van der Waals surface area contributed by atoms with Crippen molar-refractivity contribution in [2.24, 2.45) is 0 Å². The molecule has 0 atom stereocenters. The van der Waals surface area contributed by atoms with E-state index in [-0.39, 0.29) is 11.0 Å². The highest BCUT2D eigenvalue weighted by Crippen LogP contribution is 2.29. The van der Waals surface area contributed by atoms with Crippen LogP contribution in [0, 0.1) is 0 Å². The van der Waals surface area contributed by atoms with Crippen LogP contribution < -0.4 is 4.90 Å². The molecule has 1 saturated heterocycles. The van der Waals surface area contributed by atoms with Gasteiger partial charge in [-0.25, -0.2) is 9.97 Å². The zero-order valence-corrected chi connectivity index (χ0v) is 10.6. The van der Waals surface area contributed by atoms with E-state index in [0.717, 1.165) is 0 Å². The highest BCUT2D eigenvalue weighted by Gasteiger charge is 2.36. The van der Waals surface area contributed by atoms with Crippen LogP contribution in [-0.2, 0) is 17.0 Å². The molecular formula is C9H9ClF3N3OS. The van der Waals surface area contributed by atoms with Crippen LogP contribution >= 0.6 is 11.6 Å². The van der Waals surface area contributed by atoms with Crippen LogP contribution in [0.25, 0.3) is 0 Å². The first-order valence-electron chi connectivity index (χ1n) is 5.08. The van der Waals surface area contributed by atoms with E-state index in [0.29, 0.717) is 24.6 Å². The first-order chi connectivity index (χ1) is 8.36. The number of hydrogen-bond acceptors (Lipinski definition) is 4. The van der Waals surface area contributed by atoms with Crippen molar-refractivity contribution in [1.29, 1.82) is 0 Å². The van der Waals surface area contributed by atoms with Crippen molar-refractivity contribution < 1.29 is 17.4 Å². The lowest BCUT2D eigenvalue weighted by Gasteiger charge is -2.27. The lowest BCUT2D eigenvalue weighted by atomic mass is 10.4. The van der Waals surface area contributed by atoms with Crippen LogP contribution in [0.15, 0.2) is 6.07 Å². The van der Waals surface area contributed by atoms with Crippen LogP contribution in [0.4, 0.5) is 19.0 Å². The largest absolute Gasteiger partial charge is 0.451 e. The topological polar surface area (TPSA) is 46.1 Å². The van der Waals surface area contributed by atoms with E-state index in [1.54, 1.807) is 4.90 Å². The number of halogens is 4. The molecule has 1 aromatic rings. The third kappa shape index (κ3) is 3.11. The van der Waals surface area contributed by atoms with Crippen LogP contribution in [-0.4, -0.2) is 38.8 Å². The summed E-state index contributed by atoms with van der Waals surface area (Å²) in [5.41, 5.74) is 0. The fourth-order valence-electron chi connectivity index (χ4n) is 1.56. The Morgan fingerprint density at radius 1 is 1.28 bits per heavy atom. The standard InChI is InChI=1S/C9H9ClF3N3OS/c10-6-5-7(15-8(14-6)9(11,12)13)16-1-3-18(17)4-2-16/h5H,1-4H2. The molecule has 1 aromatic heterocycles. The quantitative estimate of drug-likeness (QED) is 0.741. The summed E-state index contributed by atoms with van der Waals surface area (Å²) >= 11 is 5.57. The summed E-state index contributed by atoms with van der Waals surface area (Å²) in [7, 11) is -0.903. The van der Waals surface area contributed by atoms with E-state index >= 15 is 0 Å². The molecule has 0 amide bonds. The maximum atomic E-state index is 12.5. The van der Waals surface area contributed by atoms with Crippen molar-refractivity contribution in [1.82, 2.24) is 9.97 Å². The summed E-state index contributed by atoms with van der Waals surface area (Å²) in [5, 5.41) is -0.251. The van der Waals surface area contributed by atoms with E-state index in [1.165, 1.54) is 6.07 Å². The molecule has 0 radical (unpaired) electrons. The summed E-state index contributed by atoms with van der Waals surface area (Å²) < 4.78 is 48.8. The Morgan fingerprint density at radius 2 is 1.89 bits per heavy atom. The monoisotopic (exact) mass is 299 g/mol. The Kier molecular flexibility index (Phi) is 3.76. The Hall–Kier alpha value is -0.890. The normalized spacial score (nSPS) is 18.1. The summed E-state index contributed by atoms with van der Waals surface area (Å²) in [6.07, 6.45) is -4.63. The second kappa shape index (κ2) is 5.00. The van der Waals surface area contributed by atoms with Gasteiger partial charge < -0.3 is 4.90 Å². The van der Waals surface area contributed by atoms with Gasteiger partial charge in [-0.1, -0.05) is 11.6 Å². The molecule has 0 aliphatic carbocycles. The third-order valence-electron chi connectivity index (χ3n) is 2.44. The molecule has 18 heavy (non-hydrogen) atoms. The number of rotatable bonds is 1. The highest BCUT2D eigenvalue weighted by atomic mass is 35.5. The molecule has 1 aliphatic heterocycles. The van der Waals surface area contributed by atoms with Crippen molar-refractivity contribution >= 4 is 28.2 Å². The van der Waals surface area contributed by atoms with E-state index in [4.69, 9.17) is 11.6 Å². The molecule has 0 spiro atoms. The minimum Gasteiger partial charge on any atom is -0.355 e. The summed E-state index contributed by atoms with van der Waals surface area (Å²) in [6.45, 7) is 0.800. The molecule has 9 heteroatoms. The van der Waals surface area contributed by atoms with Gasteiger partial charge in [0, 0.05) is 41.5 Å². The second-order valence-corrected chi connectivity index (χ2v) is 5.79. The van der Waals surface area contributed by atoms with Gasteiger partial charge in [0.15, 0.2) is 0 Å². The molecule has 100 valence electrons. The summed E-state index contributed by atoms with van der Waals surface area (Å²) in [4.78, 5) is 8.25. The zero-order valence-electron chi connectivity index (χ0n) is 9.08. The summed E-state index contributed by atoms with van der Waals surface area (Å²) in [6, 6.07) is 1.28. The lowest BCUT2D eigenvalue weighted by Crippen LogP contribution is -2.38. The number of anilines is 1. The zero-order chi connectivity index (χ0) is 13.3. The van der Waals surface area contributed by atoms with E-state index in [1.807, 2.05) is 0 Å². The van der Waals surface area contributed by atoms with Gasteiger partial charge in [-0.2, -0.15) is 13.2 Å². The maximum Gasteiger partial charge on any atom is 0.451 e. The Bertz CT molecular complexity index is 473. The minimum atomic E-state index is -4.63. The van der Waals surface area contributed by atoms with E-state index in [2.05, 4.69) is 9.97 Å². The van der Waals surface area contributed by atoms with Gasteiger partial charge in [0.1, 0.15) is 11.0 Å². The van der Waals surface area contributed by atoms with Gasteiger partial charge in [-0.15, -0.1) is 0 Å². The van der Waals surface area contributed by atoms with Gasteiger partial charge in [-0.3, -0.25) is 4.21 Å². The first kappa shape index (κ1) is 13.5. The molecule has 0 unspecified atom stereocenters. The lowest BCUT2D eigenvalue weighted by molar-refractivity contribution is -0.144. The Labute approximate surface area is 109 Å². The van der Waals surface area contributed by atoms with Crippen molar-refractivity contribution in [2.45, 2.75) is 6.18 Å². The third-order valence-corrected chi connectivity index (χ3v) is 3.91. The Balaban J connectivity index is 2.28. The van der Waals surface area contributed by atoms with Crippen LogP contribution in [0.2, 0.25) is 5.15 Å². The SMILES string of the molecule is O=S1CCN(c2cc(Cl)nc(C(F)(F)F)n2)CC1. The second-order valence-electron chi connectivity index (χ2n) is 3.71. The number of alkyl halides is 3. The highest BCUT2D eigenvalue weighted by molar-refractivity contribution is 7.85. The van der Waals surface area contributed by atoms with Crippen molar-refractivity contribution in [2.75, 3.05) is 29.5 Å². The van der Waals surface area contributed by atoms with E-state index < -0.39 is 22.8 Å². The van der Waals surface area contributed by atoms with E-state index in [9.17, 15) is 17.4 Å². The Morgan fingerprint density at radius 3 is 2.44 bits per heavy atom. The smallest absolute Gasteiger partial charge is 0.355 e. The molecule has 2 rings (SSSR count). The average Bonchev–Trinajstić information content (AvgIpc) is 2.28. The molecule has 0 saturated carbocycles. The maximum absolute atomic E-state index is 12.5. The molecule has 4 nitrogen and oxygen atoms in total. The fourth-order valence-corrected chi connectivity index (χ4v) is 2.79. The van der Waals surface area contributed by atoms with Gasteiger partial charge in [0.2, 0.25) is 5.82 Å². The first-order valence-corrected chi connectivity index (χ1v) is 6.94.